The van der Waals surface area contributed by atoms with Crippen LogP contribution in [0.1, 0.15) is 17.4 Å². The van der Waals surface area contributed by atoms with Gasteiger partial charge in [-0.15, -0.1) is 0 Å². The molecule has 10 heteroatoms. The lowest BCUT2D eigenvalue weighted by Gasteiger charge is -2.12. The maximum atomic E-state index is 12.6. The van der Waals surface area contributed by atoms with Gasteiger partial charge in [-0.1, -0.05) is 0 Å². The van der Waals surface area contributed by atoms with Crippen molar-refractivity contribution in [2.45, 2.75) is 6.92 Å². The predicted octanol–water partition coefficient (Wildman–Crippen LogP) is 3.82. The number of carbonyl (C=O) groups excluding carboxylic acids is 1. The summed E-state index contributed by atoms with van der Waals surface area (Å²) in [5.74, 6) is 2.57. The normalized spacial score (nSPS) is 10.7. The molecule has 1 amide bonds. The molecule has 0 saturated heterocycles. The SMILES string of the molecule is CCOc1cn(C)nc1C(=O)Nc1ccc(Oc2ccnc3cc(OC)c(OC)cc23)cn1. The number of methoxy groups -OCH3 is 2. The van der Waals surface area contributed by atoms with Crippen molar-refractivity contribution in [3.63, 3.8) is 0 Å². The second-order valence-corrected chi connectivity index (χ2v) is 6.92. The van der Waals surface area contributed by atoms with E-state index in [0.717, 1.165) is 5.39 Å². The van der Waals surface area contributed by atoms with Crippen LogP contribution in [0.3, 0.4) is 0 Å². The van der Waals surface area contributed by atoms with Gasteiger partial charge in [0.2, 0.25) is 0 Å². The summed E-state index contributed by atoms with van der Waals surface area (Å²) < 4.78 is 23.7. The second kappa shape index (κ2) is 9.43. The van der Waals surface area contributed by atoms with Gasteiger partial charge >= 0.3 is 0 Å². The quantitative estimate of drug-likeness (QED) is 0.432. The van der Waals surface area contributed by atoms with E-state index in [9.17, 15) is 4.79 Å². The number of nitrogens with one attached hydrogen (secondary N) is 1. The zero-order chi connectivity index (χ0) is 23.4. The van der Waals surface area contributed by atoms with E-state index in [1.807, 2.05) is 6.92 Å². The number of rotatable bonds is 8. The van der Waals surface area contributed by atoms with Crippen molar-refractivity contribution in [1.82, 2.24) is 19.7 Å². The molecule has 0 radical (unpaired) electrons. The molecule has 0 fully saturated rings. The van der Waals surface area contributed by atoms with Crippen molar-refractivity contribution in [2.24, 2.45) is 7.05 Å². The molecule has 0 aliphatic heterocycles. The molecule has 10 nitrogen and oxygen atoms in total. The maximum absolute atomic E-state index is 12.6. The smallest absolute Gasteiger partial charge is 0.281 e. The molecule has 170 valence electrons. The van der Waals surface area contributed by atoms with Gasteiger partial charge in [0.15, 0.2) is 22.9 Å². The largest absolute Gasteiger partial charge is 0.493 e. The number of hydrogen-bond acceptors (Lipinski definition) is 8. The van der Waals surface area contributed by atoms with Crippen LogP contribution >= 0.6 is 0 Å². The minimum absolute atomic E-state index is 0.189. The van der Waals surface area contributed by atoms with E-state index in [1.165, 1.54) is 10.9 Å². The number of aromatic nitrogens is 4. The Morgan fingerprint density at radius 3 is 2.52 bits per heavy atom. The zero-order valence-electron chi connectivity index (χ0n) is 18.7. The first-order valence-electron chi connectivity index (χ1n) is 10.1. The molecule has 0 saturated carbocycles. The first-order valence-corrected chi connectivity index (χ1v) is 10.1. The van der Waals surface area contributed by atoms with Crippen LogP contribution in [0.2, 0.25) is 0 Å². The van der Waals surface area contributed by atoms with Gasteiger partial charge in [0.05, 0.1) is 38.7 Å². The monoisotopic (exact) mass is 449 g/mol. The Morgan fingerprint density at radius 1 is 1.03 bits per heavy atom. The van der Waals surface area contributed by atoms with E-state index < -0.39 is 5.91 Å². The van der Waals surface area contributed by atoms with Gasteiger partial charge < -0.3 is 24.3 Å². The first-order chi connectivity index (χ1) is 16.0. The first kappa shape index (κ1) is 21.9. The lowest BCUT2D eigenvalue weighted by molar-refractivity contribution is 0.101. The minimum atomic E-state index is -0.415. The molecule has 4 aromatic rings. The van der Waals surface area contributed by atoms with E-state index in [0.29, 0.717) is 46.7 Å². The number of ether oxygens (including phenoxy) is 4. The number of amides is 1. The van der Waals surface area contributed by atoms with Gasteiger partial charge in [-0.05, 0) is 31.2 Å². The molecule has 1 N–H and O–H groups in total. The van der Waals surface area contributed by atoms with E-state index in [1.54, 1.807) is 64.0 Å². The van der Waals surface area contributed by atoms with Gasteiger partial charge in [0.1, 0.15) is 17.3 Å². The summed E-state index contributed by atoms with van der Waals surface area (Å²) in [6.07, 6.45) is 4.81. The lowest BCUT2D eigenvalue weighted by Crippen LogP contribution is -2.15. The molecule has 0 bridgehead atoms. The molecule has 3 heterocycles. The molecule has 0 spiro atoms. The molecule has 0 aliphatic rings. The maximum Gasteiger partial charge on any atom is 0.281 e. The average molecular weight is 449 g/mol. The highest BCUT2D eigenvalue weighted by Gasteiger charge is 2.18. The minimum Gasteiger partial charge on any atom is -0.493 e. The van der Waals surface area contributed by atoms with Crippen LogP contribution in [0.25, 0.3) is 10.9 Å². The van der Waals surface area contributed by atoms with Crippen LogP contribution < -0.4 is 24.3 Å². The number of carbonyl (C=O) groups is 1. The highest BCUT2D eigenvalue weighted by atomic mass is 16.5. The van der Waals surface area contributed by atoms with Crippen LogP contribution in [0.4, 0.5) is 5.82 Å². The van der Waals surface area contributed by atoms with Gasteiger partial charge in [0.25, 0.3) is 5.91 Å². The Bertz CT molecular complexity index is 1290. The number of benzene rings is 1. The molecule has 0 atom stereocenters. The Morgan fingerprint density at radius 2 is 1.82 bits per heavy atom. The van der Waals surface area contributed by atoms with Crippen LogP contribution in [0.15, 0.2) is 48.9 Å². The standard InChI is InChI=1S/C23H23N5O5/c1-5-32-20-13-28(2)27-22(20)23(29)26-21-7-6-14(12-25-21)33-17-8-9-24-16-11-19(31-4)18(30-3)10-15(16)17/h6-13H,5H2,1-4H3,(H,25,26,29). The molecule has 33 heavy (non-hydrogen) atoms. The average Bonchev–Trinajstić information content (AvgIpc) is 3.20. The van der Waals surface area contributed by atoms with Crippen LogP contribution in [0.5, 0.6) is 28.7 Å². The third-order valence-corrected chi connectivity index (χ3v) is 4.72. The van der Waals surface area contributed by atoms with Crippen LogP contribution in [-0.4, -0.2) is 46.5 Å². The summed E-state index contributed by atoms with van der Waals surface area (Å²) >= 11 is 0. The second-order valence-electron chi connectivity index (χ2n) is 6.92. The molecule has 1 aromatic carbocycles. The number of nitrogens with zero attached hydrogens (tertiary/aromatic N) is 4. The van der Waals surface area contributed by atoms with Crippen molar-refractivity contribution in [3.05, 3.63) is 54.6 Å². The van der Waals surface area contributed by atoms with E-state index in [4.69, 9.17) is 18.9 Å². The summed E-state index contributed by atoms with van der Waals surface area (Å²) in [5, 5.41) is 7.63. The highest BCUT2D eigenvalue weighted by Crippen LogP contribution is 2.36. The molecular formula is C23H23N5O5. The third kappa shape index (κ3) is 4.64. The van der Waals surface area contributed by atoms with Crippen molar-refractivity contribution in [1.29, 1.82) is 0 Å². The predicted molar refractivity (Wildman–Crippen MR) is 121 cm³/mol. The van der Waals surface area contributed by atoms with Crippen molar-refractivity contribution in [2.75, 3.05) is 26.1 Å². The van der Waals surface area contributed by atoms with Crippen molar-refractivity contribution < 1.29 is 23.7 Å². The van der Waals surface area contributed by atoms with Gasteiger partial charge in [-0.25, -0.2) is 4.98 Å². The van der Waals surface area contributed by atoms with Gasteiger partial charge in [-0.2, -0.15) is 5.10 Å². The molecule has 3 aromatic heterocycles. The lowest BCUT2D eigenvalue weighted by atomic mass is 10.2. The number of pyridine rings is 2. The summed E-state index contributed by atoms with van der Waals surface area (Å²) in [6, 6.07) is 8.69. The van der Waals surface area contributed by atoms with Crippen molar-refractivity contribution in [3.8, 4) is 28.7 Å². The Labute approximate surface area is 190 Å². The summed E-state index contributed by atoms with van der Waals surface area (Å²) in [7, 11) is 4.86. The summed E-state index contributed by atoms with van der Waals surface area (Å²) in [5.41, 5.74) is 0.886. The van der Waals surface area contributed by atoms with E-state index in [-0.39, 0.29) is 5.69 Å². The Hall–Kier alpha value is -4.34. The van der Waals surface area contributed by atoms with E-state index in [2.05, 4.69) is 20.4 Å². The van der Waals surface area contributed by atoms with E-state index >= 15 is 0 Å². The van der Waals surface area contributed by atoms with Crippen LogP contribution in [-0.2, 0) is 7.05 Å². The van der Waals surface area contributed by atoms with Crippen molar-refractivity contribution >= 4 is 22.6 Å². The fourth-order valence-electron chi connectivity index (χ4n) is 3.24. The Kier molecular flexibility index (Phi) is 6.25. The number of hydrogen-bond donors (Lipinski definition) is 1. The Balaban J connectivity index is 1.52. The fourth-order valence-corrected chi connectivity index (χ4v) is 3.24. The van der Waals surface area contributed by atoms with Gasteiger partial charge in [-0.3, -0.25) is 14.5 Å². The molecular weight excluding hydrogens is 426 g/mol. The topological polar surface area (TPSA) is 110 Å². The number of fused-ring (bicyclic) bond motifs is 1. The number of anilines is 1. The van der Waals surface area contributed by atoms with Crippen LogP contribution in [0, 0.1) is 0 Å². The molecule has 4 rings (SSSR count). The highest BCUT2D eigenvalue weighted by molar-refractivity contribution is 6.04. The summed E-state index contributed by atoms with van der Waals surface area (Å²) in [4.78, 5) is 21.2. The zero-order valence-corrected chi connectivity index (χ0v) is 18.7. The number of aryl methyl sites for hydroxylation is 1. The molecule has 0 unspecified atom stereocenters. The third-order valence-electron chi connectivity index (χ3n) is 4.72. The van der Waals surface area contributed by atoms with Gasteiger partial charge in [0, 0.05) is 24.7 Å². The molecule has 0 aliphatic carbocycles. The fraction of sp³-hybridized carbons (Fsp3) is 0.217. The summed E-state index contributed by atoms with van der Waals surface area (Å²) in [6.45, 7) is 2.27.